The second kappa shape index (κ2) is 23.4. The molecular formula is C34H62N10O7. The number of aliphatic carboxylic acids is 1. The zero-order valence-corrected chi connectivity index (χ0v) is 31.0. The van der Waals surface area contributed by atoms with Gasteiger partial charge in [0.25, 0.3) is 0 Å². The highest BCUT2D eigenvalue weighted by molar-refractivity contribution is 5.96. The first-order valence-electron chi connectivity index (χ1n) is 17.9. The lowest BCUT2D eigenvalue weighted by molar-refractivity contribution is -0.143. The molecule has 0 bridgehead atoms. The Bertz CT molecular complexity index is 1240. The Balaban J connectivity index is 3.25. The van der Waals surface area contributed by atoms with Crippen LogP contribution in [0.1, 0.15) is 92.2 Å². The average Bonchev–Trinajstić information content (AvgIpc) is 3.57. The molecule has 1 rings (SSSR count). The van der Waals surface area contributed by atoms with Crippen LogP contribution in [0.5, 0.6) is 0 Å². The third-order valence-corrected chi connectivity index (χ3v) is 8.30. The molecule has 1 aromatic heterocycles. The summed E-state index contributed by atoms with van der Waals surface area (Å²) in [6.45, 7) is 11.3. The number of hydrogen-bond donors (Lipinski definition) is 10. The van der Waals surface area contributed by atoms with Crippen LogP contribution in [0.25, 0.3) is 0 Å². The predicted molar refractivity (Wildman–Crippen MR) is 192 cm³/mol. The Morgan fingerprint density at radius 1 is 0.686 bits per heavy atom. The molecule has 51 heavy (non-hydrogen) atoms. The first kappa shape index (κ1) is 44.9. The number of H-pyrrole nitrogens is 1. The van der Waals surface area contributed by atoms with Crippen molar-refractivity contribution < 1.29 is 33.9 Å². The molecule has 17 heteroatoms. The molecule has 0 spiro atoms. The van der Waals surface area contributed by atoms with Crippen LogP contribution in [0.15, 0.2) is 12.5 Å². The Kier molecular flexibility index (Phi) is 20.6. The number of imidazole rings is 1. The molecule has 0 fully saturated rings. The monoisotopic (exact) mass is 722 g/mol. The summed E-state index contributed by atoms with van der Waals surface area (Å²) in [6, 6.07) is -6.44. The number of nitrogens with zero attached hydrogens (tertiary/aromatic N) is 1. The Labute approximate surface area is 301 Å². The smallest absolute Gasteiger partial charge is 0.326 e. The number of carboxylic acids is 1. The van der Waals surface area contributed by atoms with Crippen molar-refractivity contribution in [2.24, 2.45) is 35.0 Å². The summed E-state index contributed by atoms with van der Waals surface area (Å²) in [7, 11) is 0. The van der Waals surface area contributed by atoms with E-state index in [1.54, 1.807) is 33.9 Å². The molecule has 0 saturated carbocycles. The van der Waals surface area contributed by atoms with E-state index in [2.05, 4.69) is 36.6 Å². The van der Waals surface area contributed by atoms with Crippen LogP contribution in [0.4, 0.5) is 0 Å². The topological polar surface area (TPSA) is 290 Å². The Morgan fingerprint density at radius 3 is 1.59 bits per heavy atom. The molecule has 0 unspecified atom stereocenters. The fourth-order valence-electron chi connectivity index (χ4n) is 5.33. The zero-order valence-electron chi connectivity index (χ0n) is 31.0. The van der Waals surface area contributed by atoms with Gasteiger partial charge in [-0.25, -0.2) is 9.78 Å². The average molecular weight is 723 g/mol. The lowest BCUT2D eigenvalue weighted by Gasteiger charge is -2.29. The van der Waals surface area contributed by atoms with Gasteiger partial charge in [0.05, 0.1) is 18.1 Å². The van der Waals surface area contributed by atoms with Crippen molar-refractivity contribution >= 4 is 35.5 Å². The number of unbranched alkanes of at least 4 members (excludes halogenated alkanes) is 2. The van der Waals surface area contributed by atoms with Gasteiger partial charge >= 0.3 is 5.97 Å². The van der Waals surface area contributed by atoms with Crippen LogP contribution in [0.3, 0.4) is 0 Å². The van der Waals surface area contributed by atoms with E-state index in [0.717, 1.165) is 0 Å². The van der Waals surface area contributed by atoms with Gasteiger partial charge in [0.1, 0.15) is 30.2 Å². The highest BCUT2D eigenvalue weighted by Gasteiger charge is 2.34. The molecule has 0 aliphatic carbocycles. The number of aromatic nitrogens is 2. The van der Waals surface area contributed by atoms with Crippen molar-refractivity contribution in [1.82, 2.24) is 36.6 Å². The summed E-state index contributed by atoms with van der Waals surface area (Å²) in [5.41, 5.74) is 17.9. The van der Waals surface area contributed by atoms with Crippen LogP contribution < -0.4 is 43.8 Å². The molecule has 17 nitrogen and oxygen atoms in total. The fourth-order valence-corrected chi connectivity index (χ4v) is 5.33. The molecule has 5 amide bonds. The molecule has 1 heterocycles. The van der Waals surface area contributed by atoms with Gasteiger partial charge in [-0.05, 0) is 75.8 Å². The summed E-state index contributed by atoms with van der Waals surface area (Å²) >= 11 is 0. The van der Waals surface area contributed by atoms with Crippen LogP contribution in [-0.4, -0.2) is 99.9 Å². The minimum absolute atomic E-state index is 0.0246. The van der Waals surface area contributed by atoms with E-state index in [-0.39, 0.29) is 25.2 Å². The van der Waals surface area contributed by atoms with Crippen molar-refractivity contribution in [3.05, 3.63) is 18.2 Å². The van der Waals surface area contributed by atoms with Crippen LogP contribution in [0, 0.1) is 17.8 Å². The highest BCUT2D eigenvalue weighted by Crippen LogP contribution is 2.11. The van der Waals surface area contributed by atoms with Crippen molar-refractivity contribution in [2.75, 3.05) is 13.1 Å². The molecule has 0 aliphatic heterocycles. The van der Waals surface area contributed by atoms with Crippen molar-refractivity contribution in [2.45, 2.75) is 129 Å². The van der Waals surface area contributed by atoms with E-state index < -0.39 is 83.6 Å². The fraction of sp³-hybridized carbons (Fsp3) is 0.735. The SMILES string of the molecule is CC(C)C[C@H](N)C(=O)N[C@@H](Cc1c[nH]cn1)C(=O)N[C@@H](CCCCN)C(=O)N[C@H](C(=O)N[C@@H](CCCCN)C(=O)N[C@H](C(=O)O)C(C)C)C(C)C. The Hall–Kier alpha value is -4.09. The third-order valence-electron chi connectivity index (χ3n) is 8.30. The van der Waals surface area contributed by atoms with Crippen LogP contribution >= 0.6 is 0 Å². The molecule has 0 aromatic carbocycles. The van der Waals surface area contributed by atoms with Crippen LogP contribution in [-0.2, 0) is 35.2 Å². The molecule has 13 N–H and O–H groups in total. The quantitative estimate of drug-likeness (QED) is 0.0569. The minimum atomic E-state index is -1.20. The van der Waals surface area contributed by atoms with Gasteiger partial charge in [-0.2, -0.15) is 0 Å². The summed E-state index contributed by atoms with van der Waals surface area (Å²) < 4.78 is 0. The maximum atomic E-state index is 13.8. The molecule has 0 radical (unpaired) electrons. The highest BCUT2D eigenvalue weighted by atomic mass is 16.4. The third kappa shape index (κ3) is 16.7. The van der Waals surface area contributed by atoms with E-state index >= 15 is 0 Å². The summed E-state index contributed by atoms with van der Waals surface area (Å²) in [5.74, 6) is -5.05. The van der Waals surface area contributed by atoms with Gasteiger partial charge in [-0.1, -0.05) is 41.5 Å². The zero-order chi connectivity index (χ0) is 38.7. The first-order valence-corrected chi connectivity index (χ1v) is 17.9. The number of carbonyl (C=O) groups is 6. The van der Waals surface area contributed by atoms with Gasteiger partial charge in [-0.15, -0.1) is 0 Å². The Morgan fingerprint density at radius 2 is 1.16 bits per heavy atom. The summed E-state index contributed by atoms with van der Waals surface area (Å²) in [6.07, 6.45) is 5.95. The van der Waals surface area contributed by atoms with Gasteiger partial charge in [0.2, 0.25) is 29.5 Å². The van der Waals surface area contributed by atoms with Gasteiger partial charge in [0.15, 0.2) is 0 Å². The molecular weight excluding hydrogens is 660 g/mol. The number of aromatic amines is 1. The normalized spacial score (nSPS) is 15.0. The van der Waals surface area contributed by atoms with E-state index in [1.807, 2.05) is 13.8 Å². The van der Waals surface area contributed by atoms with E-state index in [1.165, 1.54) is 6.33 Å². The first-order chi connectivity index (χ1) is 24.0. The molecule has 0 saturated heterocycles. The van der Waals surface area contributed by atoms with Gasteiger partial charge in [0, 0.05) is 12.6 Å². The summed E-state index contributed by atoms with van der Waals surface area (Å²) in [5, 5.41) is 23.0. The molecule has 6 atom stereocenters. The largest absolute Gasteiger partial charge is 0.480 e. The lowest BCUT2D eigenvalue weighted by Crippen LogP contribution is -2.60. The number of amides is 5. The number of nitrogens with two attached hydrogens (primary N) is 3. The number of hydrogen-bond acceptors (Lipinski definition) is 10. The second-order valence-electron chi connectivity index (χ2n) is 14.1. The van der Waals surface area contributed by atoms with Crippen LogP contribution in [0.2, 0.25) is 0 Å². The number of carbonyl (C=O) groups excluding carboxylic acids is 5. The maximum Gasteiger partial charge on any atom is 0.326 e. The minimum Gasteiger partial charge on any atom is -0.480 e. The van der Waals surface area contributed by atoms with E-state index in [4.69, 9.17) is 17.2 Å². The van der Waals surface area contributed by atoms with Crippen molar-refractivity contribution in [3.8, 4) is 0 Å². The molecule has 290 valence electrons. The van der Waals surface area contributed by atoms with Gasteiger partial charge in [-0.3, -0.25) is 24.0 Å². The second-order valence-corrected chi connectivity index (χ2v) is 14.1. The van der Waals surface area contributed by atoms with Crippen molar-refractivity contribution in [1.29, 1.82) is 0 Å². The lowest BCUT2D eigenvalue weighted by atomic mass is 9.99. The molecule has 1 aromatic rings. The predicted octanol–water partition coefficient (Wildman–Crippen LogP) is -0.596. The molecule has 0 aliphatic rings. The maximum absolute atomic E-state index is 13.8. The summed E-state index contributed by atoms with van der Waals surface area (Å²) in [4.78, 5) is 86.0. The number of carboxylic acid groups (broad SMARTS) is 1. The number of rotatable bonds is 25. The number of nitrogens with one attached hydrogen (secondary N) is 6. The van der Waals surface area contributed by atoms with E-state index in [0.29, 0.717) is 50.9 Å². The van der Waals surface area contributed by atoms with Gasteiger partial charge < -0.3 is 53.9 Å². The van der Waals surface area contributed by atoms with E-state index in [9.17, 15) is 33.9 Å². The standard InChI is InChI=1S/C34H62N10O7/c1-19(2)15-23(37)29(45)42-26(16-22-17-38-18-39-22)32(48)40-24(11-7-9-13-35)30(46)43-27(20(3)4)33(49)41-25(12-8-10-14-36)31(47)44-28(21(5)6)34(50)51/h17-21,23-28H,7-16,35-37H2,1-6H3,(H,38,39)(H,40,48)(H,41,49)(H,42,45)(H,43,46)(H,44,47)(H,50,51)/t23-,24-,25-,26-,27-,28-/m0/s1. The van der Waals surface area contributed by atoms with Crippen molar-refractivity contribution in [3.63, 3.8) is 0 Å².